The van der Waals surface area contributed by atoms with Crippen LogP contribution >= 0.6 is 23.2 Å². The van der Waals surface area contributed by atoms with Crippen LogP contribution in [0.5, 0.6) is 5.75 Å². The van der Waals surface area contributed by atoms with Crippen molar-refractivity contribution >= 4 is 23.2 Å². The standard InChI is InChI=1S/C15H20Cl2O/c1-11(2)15(9-16,10-17)8-13-7-12-5-3-4-6-14(12)18-13/h3-6,11,13H,7-10H2,1-2H3. The minimum absolute atomic E-state index is 0.0319. The van der Waals surface area contributed by atoms with E-state index in [1.165, 1.54) is 5.56 Å². The van der Waals surface area contributed by atoms with Crippen LogP contribution in [-0.4, -0.2) is 17.9 Å². The molecule has 0 N–H and O–H groups in total. The Morgan fingerprint density at radius 2 is 1.94 bits per heavy atom. The number of fused-ring (bicyclic) bond motifs is 1. The summed E-state index contributed by atoms with van der Waals surface area (Å²) in [6, 6.07) is 8.24. The van der Waals surface area contributed by atoms with Crippen LogP contribution < -0.4 is 4.74 Å². The maximum Gasteiger partial charge on any atom is 0.123 e. The lowest BCUT2D eigenvalue weighted by molar-refractivity contribution is 0.128. The second-order valence-corrected chi connectivity index (χ2v) is 6.07. The molecule has 2 rings (SSSR count). The van der Waals surface area contributed by atoms with Gasteiger partial charge in [0.25, 0.3) is 0 Å². The molecule has 1 aliphatic rings. The molecule has 0 spiro atoms. The molecule has 0 radical (unpaired) electrons. The summed E-state index contributed by atoms with van der Waals surface area (Å²) in [5.74, 6) is 2.65. The Kier molecular flexibility index (Phi) is 4.45. The Hall–Kier alpha value is -0.400. The van der Waals surface area contributed by atoms with Gasteiger partial charge in [0, 0.05) is 23.6 Å². The molecule has 1 atom stereocenters. The third-order valence-corrected chi connectivity index (χ3v) is 5.17. The number of alkyl halides is 2. The van der Waals surface area contributed by atoms with Crippen molar-refractivity contribution in [1.82, 2.24) is 0 Å². The molecule has 0 saturated heterocycles. The summed E-state index contributed by atoms with van der Waals surface area (Å²) < 4.78 is 6.00. The summed E-state index contributed by atoms with van der Waals surface area (Å²) in [4.78, 5) is 0. The predicted octanol–water partition coefficient (Wildman–Crippen LogP) is 4.50. The molecule has 1 nitrogen and oxygen atoms in total. The molecule has 3 heteroatoms. The van der Waals surface area contributed by atoms with Gasteiger partial charge in [-0.2, -0.15) is 0 Å². The van der Waals surface area contributed by atoms with Gasteiger partial charge in [-0.1, -0.05) is 32.0 Å². The monoisotopic (exact) mass is 286 g/mol. The minimum Gasteiger partial charge on any atom is -0.490 e. The zero-order chi connectivity index (χ0) is 13.2. The summed E-state index contributed by atoms with van der Waals surface area (Å²) in [5.41, 5.74) is 1.26. The lowest BCUT2D eigenvalue weighted by Crippen LogP contribution is -2.37. The second kappa shape index (κ2) is 5.71. The number of para-hydroxylation sites is 1. The van der Waals surface area contributed by atoms with Crippen LogP contribution in [0.3, 0.4) is 0 Å². The fourth-order valence-corrected chi connectivity index (χ4v) is 3.63. The largest absolute Gasteiger partial charge is 0.490 e. The number of benzene rings is 1. The van der Waals surface area contributed by atoms with E-state index in [9.17, 15) is 0 Å². The van der Waals surface area contributed by atoms with Crippen LogP contribution in [-0.2, 0) is 6.42 Å². The van der Waals surface area contributed by atoms with E-state index in [0.29, 0.717) is 17.7 Å². The fraction of sp³-hybridized carbons (Fsp3) is 0.600. The van der Waals surface area contributed by atoms with Crippen LogP contribution in [0.15, 0.2) is 24.3 Å². The van der Waals surface area contributed by atoms with Gasteiger partial charge in [-0.25, -0.2) is 0 Å². The molecule has 1 aliphatic heterocycles. The van der Waals surface area contributed by atoms with Crippen molar-refractivity contribution < 1.29 is 4.74 Å². The van der Waals surface area contributed by atoms with Crippen molar-refractivity contribution in [3.05, 3.63) is 29.8 Å². The van der Waals surface area contributed by atoms with Crippen molar-refractivity contribution in [2.45, 2.75) is 32.8 Å². The fourth-order valence-electron chi connectivity index (χ4n) is 2.51. The Bertz CT molecular complexity index is 374. The molecule has 0 aromatic heterocycles. The van der Waals surface area contributed by atoms with Gasteiger partial charge in [-0.3, -0.25) is 0 Å². The third kappa shape index (κ3) is 2.62. The predicted molar refractivity (Wildman–Crippen MR) is 77.9 cm³/mol. The topological polar surface area (TPSA) is 9.23 Å². The number of ether oxygens (including phenoxy) is 1. The SMILES string of the molecule is CC(C)C(CCl)(CCl)CC1Cc2ccccc2O1. The van der Waals surface area contributed by atoms with E-state index in [1.54, 1.807) is 0 Å². The van der Waals surface area contributed by atoms with Crippen molar-refractivity contribution in [2.75, 3.05) is 11.8 Å². The number of hydrogen-bond donors (Lipinski definition) is 0. The molecule has 18 heavy (non-hydrogen) atoms. The van der Waals surface area contributed by atoms with E-state index in [1.807, 2.05) is 12.1 Å². The van der Waals surface area contributed by atoms with Crippen LogP contribution in [0.2, 0.25) is 0 Å². The van der Waals surface area contributed by atoms with Crippen molar-refractivity contribution in [1.29, 1.82) is 0 Å². The summed E-state index contributed by atoms with van der Waals surface area (Å²) in [6.45, 7) is 4.37. The molecule has 1 aromatic carbocycles. The van der Waals surface area contributed by atoms with Gasteiger partial charge in [0.1, 0.15) is 11.9 Å². The second-order valence-electron chi connectivity index (χ2n) is 5.54. The molecule has 0 amide bonds. The highest BCUT2D eigenvalue weighted by atomic mass is 35.5. The van der Waals surface area contributed by atoms with Crippen LogP contribution in [0, 0.1) is 11.3 Å². The van der Waals surface area contributed by atoms with Gasteiger partial charge >= 0.3 is 0 Å². The molecule has 0 aliphatic carbocycles. The Labute approximate surface area is 119 Å². The molecular formula is C15H20Cl2O. The number of rotatable bonds is 5. The molecule has 1 unspecified atom stereocenters. The Morgan fingerprint density at radius 3 is 2.50 bits per heavy atom. The molecular weight excluding hydrogens is 267 g/mol. The quantitative estimate of drug-likeness (QED) is 0.724. The van der Waals surface area contributed by atoms with E-state index >= 15 is 0 Å². The summed E-state index contributed by atoms with van der Waals surface area (Å²) in [7, 11) is 0. The summed E-state index contributed by atoms with van der Waals surface area (Å²) in [5, 5.41) is 0. The van der Waals surface area contributed by atoms with Gasteiger partial charge in [-0.15, -0.1) is 23.2 Å². The zero-order valence-electron chi connectivity index (χ0n) is 11.0. The summed E-state index contributed by atoms with van der Waals surface area (Å²) >= 11 is 12.3. The van der Waals surface area contributed by atoms with Gasteiger partial charge in [0.15, 0.2) is 0 Å². The molecule has 1 aromatic rings. The first-order valence-electron chi connectivity index (χ1n) is 6.48. The highest BCUT2D eigenvalue weighted by molar-refractivity contribution is 6.21. The van der Waals surface area contributed by atoms with Gasteiger partial charge < -0.3 is 4.74 Å². The van der Waals surface area contributed by atoms with Crippen LogP contribution in [0.1, 0.15) is 25.8 Å². The molecule has 100 valence electrons. The van der Waals surface area contributed by atoms with Gasteiger partial charge in [0.05, 0.1) is 0 Å². The average Bonchev–Trinajstić information content (AvgIpc) is 2.77. The molecule has 0 fully saturated rings. The lowest BCUT2D eigenvalue weighted by atomic mass is 9.76. The van der Waals surface area contributed by atoms with Crippen LogP contribution in [0.25, 0.3) is 0 Å². The first-order chi connectivity index (χ1) is 8.61. The molecule has 0 bridgehead atoms. The highest BCUT2D eigenvalue weighted by Gasteiger charge is 2.37. The normalized spacial score (nSPS) is 18.8. The molecule has 1 heterocycles. The van der Waals surface area contributed by atoms with Gasteiger partial charge in [-0.05, 0) is 24.0 Å². The van der Waals surface area contributed by atoms with Crippen molar-refractivity contribution in [3.8, 4) is 5.75 Å². The first kappa shape index (κ1) is 14.0. The smallest absolute Gasteiger partial charge is 0.123 e. The summed E-state index contributed by atoms with van der Waals surface area (Å²) in [6.07, 6.45) is 2.10. The van der Waals surface area contributed by atoms with E-state index in [4.69, 9.17) is 27.9 Å². The Balaban J connectivity index is 2.08. The minimum atomic E-state index is -0.0319. The van der Waals surface area contributed by atoms with E-state index < -0.39 is 0 Å². The molecule has 0 saturated carbocycles. The number of halogens is 2. The number of hydrogen-bond acceptors (Lipinski definition) is 1. The van der Waals surface area contributed by atoms with E-state index in [0.717, 1.165) is 18.6 Å². The average molecular weight is 287 g/mol. The Morgan fingerprint density at radius 1 is 1.28 bits per heavy atom. The van der Waals surface area contributed by atoms with Crippen molar-refractivity contribution in [2.24, 2.45) is 11.3 Å². The van der Waals surface area contributed by atoms with E-state index in [2.05, 4.69) is 26.0 Å². The third-order valence-electron chi connectivity index (χ3n) is 4.11. The van der Waals surface area contributed by atoms with Crippen molar-refractivity contribution in [3.63, 3.8) is 0 Å². The maximum atomic E-state index is 6.17. The lowest BCUT2D eigenvalue weighted by Gasteiger charge is -2.35. The van der Waals surface area contributed by atoms with Crippen LogP contribution in [0.4, 0.5) is 0 Å². The first-order valence-corrected chi connectivity index (χ1v) is 7.54. The maximum absolute atomic E-state index is 6.17. The van der Waals surface area contributed by atoms with Gasteiger partial charge in [0.2, 0.25) is 0 Å². The zero-order valence-corrected chi connectivity index (χ0v) is 12.5. The van der Waals surface area contributed by atoms with E-state index in [-0.39, 0.29) is 11.5 Å². The highest BCUT2D eigenvalue weighted by Crippen LogP contribution is 2.40.